The molecule has 0 aliphatic heterocycles. The third-order valence-corrected chi connectivity index (χ3v) is 3.09. The fourth-order valence-electron chi connectivity index (χ4n) is 1.21. The van der Waals surface area contributed by atoms with Crippen LogP contribution in [0.2, 0.25) is 0 Å². The Hall–Kier alpha value is -1.86. The van der Waals surface area contributed by atoms with Gasteiger partial charge in [0.25, 0.3) is 0 Å². The van der Waals surface area contributed by atoms with E-state index in [0.29, 0.717) is 12.8 Å². The number of amides is 2. The SMILES string of the molecule is CCCNC(=O)O[C@@H](O[P+](=O)O[C@H](OC(=O)NCCC)C(F)(F)F)C(F)(F)F. The zero-order valence-electron chi connectivity index (χ0n) is 14.6. The first-order valence-corrected chi connectivity index (χ1v) is 8.74. The van der Waals surface area contributed by atoms with Crippen molar-refractivity contribution in [3.63, 3.8) is 0 Å². The highest BCUT2D eigenvalue weighted by Crippen LogP contribution is 2.38. The molecular formula is C12H18F6N2O7P+. The Bertz CT molecular complexity index is 488. The predicted octanol–water partition coefficient (Wildman–Crippen LogP) is 3.73. The van der Waals surface area contributed by atoms with Crippen molar-refractivity contribution in [1.29, 1.82) is 0 Å². The number of rotatable bonds is 10. The minimum Gasteiger partial charge on any atom is -0.405 e. The van der Waals surface area contributed by atoms with Gasteiger partial charge in [-0.15, -0.1) is 0 Å². The highest BCUT2D eigenvalue weighted by Gasteiger charge is 2.55. The van der Waals surface area contributed by atoms with Gasteiger partial charge in [0.15, 0.2) is 0 Å². The minimum atomic E-state index is -5.44. The largest absolute Gasteiger partial charge is 0.705 e. The van der Waals surface area contributed by atoms with Crippen LogP contribution < -0.4 is 10.6 Å². The first kappa shape index (κ1) is 26.1. The van der Waals surface area contributed by atoms with Crippen molar-refractivity contribution in [3.05, 3.63) is 0 Å². The molecular weight excluding hydrogens is 429 g/mol. The molecule has 0 bridgehead atoms. The zero-order chi connectivity index (χ0) is 22.0. The van der Waals surface area contributed by atoms with Crippen LogP contribution in [0.15, 0.2) is 0 Å². The van der Waals surface area contributed by atoms with E-state index in [1.54, 1.807) is 13.8 Å². The molecule has 0 radical (unpaired) electrons. The van der Waals surface area contributed by atoms with Crippen LogP contribution >= 0.6 is 8.25 Å². The molecule has 16 heteroatoms. The number of halogens is 6. The van der Waals surface area contributed by atoms with Crippen molar-refractivity contribution in [2.75, 3.05) is 13.1 Å². The standard InChI is InChI=1S/C12H17F6N2O7P/c1-3-5-19-9(21)24-7(11(13,14)15)26-28(23)27-8(12(16,17)18)25-10(22)20-6-4-2/h7-8H,3-6H2,1-2H3,(H-,19,20,21,22)/p+1/t7-,8-/m0/s1. The van der Waals surface area contributed by atoms with Gasteiger partial charge < -0.3 is 20.1 Å². The quantitative estimate of drug-likeness (QED) is 0.298. The molecule has 0 unspecified atom stereocenters. The summed E-state index contributed by atoms with van der Waals surface area (Å²) in [6, 6.07) is 0. The summed E-state index contributed by atoms with van der Waals surface area (Å²) in [6.45, 7) is 3.03. The fourth-order valence-corrected chi connectivity index (χ4v) is 1.90. The van der Waals surface area contributed by atoms with Gasteiger partial charge in [0.1, 0.15) is 0 Å². The summed E-state index contributed by atoms with van der Waals surface area (Å²) < 4.78 is 103. The molecule has 0 aromatic carbocycles. The van der Waals surface area contributed by atoms with E-state index in [4.69, 9.17) is 0 Å². The summed E-state index contributed by atoms with van der Waals surface area (Å²) in [6.07, 6.45) is -20.4. The molecule has 0 saturated carbocycles. The van der Waals surface area contributed by atoms with Gasteiger partial charge in [0.05, 0.1) is 0 Å². The maximum Gasteiger partial charge on any atom is 0.705 e. The Kier molecular flexibility index (Phi) is 11.1. The number of alkyl halides is 6. The lowest BCUT2D eigenvalue weighted by Crippen LogP contribution is -2.40. The third kappa shape index (κ3) is 11.1. The first-order chi connectivity index (χ1) is 12.8. The average molecular weight is 447 g/mol. The van der Waals surface area contributed by atoms with E-state index in [9.17, 15) is 40.5 Å². The Morgan fingerprint density at radius 2 is 1.14 bits per heavy atom. The lowest BCUT2D eigenvalue weighted by molar-refractivity contribution is -0.279. The second kappa shape index (κ2) is 11.9. The predicted molar refractivity (Wildman–Crippen MR) is 79.0 cm³/mol. The molecule has 0 aliphatic carbocycles. The highest BCUT2D eigenvalue weighted by atomic mass is 31.1. The molecule has 0 aromatic heterocycles. The van der Waals surface area contributed by atoms with Gasteiger partial charge in [-0.05, 0) is 12.8 Å². The van der Waals surface area contributed by atoms with Crippen molar-refractivity contribution >= 4 is 20.4 Å². The van der Waals surface area contributed by atoms with Crippen LogP contribution in [0.1, 0.15) is 26.7 Å². The fraction of sp³-hybridized carbons (Fsp3) is 0.833. The molecule has 0 heterocycles. The van der Waals surface area contributed by atoms with Gasteiger partial charge in [0, 0.05) is 17.7 Å². The van der Waals surface area contributed by atoms with Crippen molar-refractivity contribution in [2.24, 2.45) is 0 Å². The number of alkyl carbamates (subject to hydrolysis) is 2. The van der Waals surface area contributed by atoms with Crippen molar-refractivity contribution < 1.29 is 59.0 Å². The molecule has 28 heavy (non-hydrogen) atoms. The topological polar surface area (TPSA) is 112 Å². The van der Waals surface area contributed by atoms with Crippen molar-refractivity contribution in [1.82, 2.24) is 10.6 Å². The van der Waals surface area contributed by atoms with Gasteiger partial charge in [0.2, 0.25) is 0 Å². The molecule has 0 spiro atoms. The summed E-state index contributed by atoms with van der Waals surface area (Å²) in [5, 5.41) is 3.77. The van der Waals surface area contributed by atoms with Gasteiger partial charge in [-0.25, -0.2) is 9.59 Å². The molecule has 0 rings (SSSR count). The third-order valence-electron chi connectivity index (χ3n) is 2.36. The monoisotopic (exact) mass is 447 g/mol. The second-order valence-corrected chi connectivity index (χ2v) is 5.71. The van der Waals surface area contributed by atoms with E-state index in [-0.39, 0.29) is 13.1 Å². The van der Waals surface area contributed by atoms with Gasteiger partial charge in [-0.2, -0.15) is 26.3 Å². The molecule has 0 aliphatic rings. The van der Waals surface area contributed by atoms with Crippen molar-refractivity contribution in [3.8, 4) is 0 Å². The van der Waals surface area contributed by atoms with Crippen LogP contribution in [0.3, 0.4) is 0 Å². The molecule has 0 aromatic rings. The molecule has 2 amide bonds. The van der Waals surface area contributed by atoms with E-state index < -0.39 is 45.4 Å². The van der Waals surface area contributed by atoms with Crippen LogP contribution in [0.25, 0.3) is 0 Å². The summed E-state index contributed by atoms with van der Waals surface area (Å²) in [4.78, 5) is 22.3. The summed E-state index contributed by atoms with van der Waals surface area (Å²) in [5.74, 6) is 0. The summed E-state index contributed by atoms with van der Waals surface area (Å²) in [5.41, 5.74) is 0. The lowest BCUT2D eigenvalue weighted by atomic mass is 10.5. The number of ether oxygens (including phenoxy) is 2. The van der Waals surface area contributed by atoms with Gasteiger partial charge in [-0.3, -0.25) is 0 Å². The zero-order valence-corrected chi connectivity index (χ0v) is 15.5. The van der Waals surface area contributed by atoms with Crippen LogP contribution in [0.4, 0.5) is 35.9 Å². The lowest BCUT2D eigenvalue weighted by Gasteiger charge is -2.17. The van der Waals surface area contributed by atoms with E-state index >= 15 is 0 Å². The Morgan fingerprint density at radius 3 is 1.39 bits per heavy atom. The van der Waals surface area contributed by atoms with Crippen LogP contribution in [-0.4, -0.2) is 50.2 Å². The molecule has 9 nitrogen and oxygen atoms in total. The maximum atomic E-state index is 12.8. The summed E-state index contributed by atoms with van der Waals surface area (Å²) >= 11 is 0. The van der Waals surface area contributed by atoms with Crippen LogP contribution in [0, 0.1) is 0 Å². The van der Waals surface area contributed by atoms with Crippen LogP contribution in [0.5, 0.6) is 0 Å². The molecule has 164 valence electrons. The van der Waals surface area contributed by atoms with Crippen molar-refractivity contribution in [2.45, 2.75) is 51.6 Å². The molecule has 2 N–H and O–H groups in total. The maximum absolute atomic E-state index is 12.8. The Labute approximate surface area is 156 Å². The number of hydrogen-bond acceptors (Lipinski definition) is 7. The Morgan fingerprint density at radius 1 is 0.821 bits per heavy atom. The average Bonchev–Trinajstić information content (AvgIpc) is 2.55. The number of carbonyl (C=O) groups is 2. The number of hydrogen-bond donors (Lipinski definition) is 2. The first-order valence-electron chi connectivity index (χ1n) is 7.64. The Balaban J connectivity index is 5.01. The summed E-state index contributed by atoms with van der Waals surface area (Å²) in [7, 11) is -4.17. The normalized spacial score (nSPS) is 14.0. The van der Waals surface area contributed by atoms with E-state index in [0.717, 1.165) is 0 Å². The van der Waals surface area contributed by atoms with E-state index in [1.165, 1.54) is 0 Å². The number of nitrogens with one attached hydrogen (secondary N) is 2. The van der Waals surface area contributed by atoms with E-state index in [1.807, 2.05) is 10.6 Å². The molecule has 0 saturated heterocycles. The second-order valence-electron chi connectivity index (χ2n) is 4.85. The van der Waals surface area contributed by atoms with E-state index in [2.05, 4.69) is 18.5 Å². The van der Waals surface area contributed by atoms with Gasteiger partial charge in [-0.1, -0.05) is 22.9 Å². The highest BCUT2D eigenvalue weighted by molar-refractivity contribution is 7.33. The molecule has 0 fully saturated rings. The number of carbonyl (C=O) groups excluding carboxylic acids is 2. The molecule has 2 atom stereocenters. The smallest absolute Gasteiger partial charge is 0.405 e. The minimum absolute atomic E-state index is 0.0666. The van der Waals surface area contributed by atoms with Crippen LogP contribution in [-0.2, 0) is 23.1 Å². The van der Waals surface area contributed by atoms with Gasteiger partial charge >= 0.3 is 45.4 Å².